The van der Waals surface area contributed by atoms with Crippen molar-refractivity contribution >= 4 is 22.3 Å². The lowest BCUT2D eigenvalue weighted by Gasteiger charge is -2.13. The minimum absolute atomic E-state index is 0.0228. The summed E-state index contributed by atoms with van der Waals surface area (Å²) >= 11 is 1.40. The van der Waals surface area contributed by atoms with Gasteiger partial charge in [-0.25, -0.2) is 4.98 Å². The summed E-state index contributed by atoms with van der Waals surface area (Å²) in [4.78, 5) is 17.1. The minimum atomic E-state index is -0.831. The van der Waals surface area contributed by atoms with Crippen LogP contribution in [0.25, 0.3) is 16.2 Å². The summed E-state index contributed by atoms with van der Waals surface area (Å²) in [7, 11) is 0. The van der Waals surface area contributed by atoms with Gasteiger partial charge in [0.1, 0.15) is 12.4 Å². The van der Waals surface area contributed by atoms with Gasteiger partial charge in [0.25, 0.3) is 0 Å². The van der Waals surface area contributed by atoms with Crippen molar-refractivity contribution in [1.29, 1.82) is 0 Å². The van der Waals surface area contributed by atoms with Crippen molar-refractivity contribution in [1.82, 2.24) is 9.38 Å². The number of nitrogens with zero attached hydrogens (tertiary/aromatic N) is 2. The first kappa shape index (κ1) is 18.3. The van der Waals surface area contributed by atoms with E-state index in [1.807, 2.05) is 48.8 Å². The fraction of sp³-hybridized carbons (Fsp3) is 0.182. The van der Waals surface area contributed by atoms with Crippen LogP contribution in [-0.4, -0.2) is 20.5 Å². The Kier molecular flexibility index (Phi) is 4.88. The molecule has 1 N–H and O–H groups in total. The predicted octanol–water partition coefficient (Wildman–Crippen LogP) is 4.89. The average Bonchev–Trinajstić information content (AvgIpc) is 3.19. The molecule has 142 valence electrons. The third kappa shape index (κ3) is 3.77. The predicted molar refractivity (Wildman–Crippen MR) is 110 cm³/mol. The smallest absolute Gasteiger partial charge is 0.308 e. The number of hydrogen-bond donors (Lipinski definition) is 1. The highest BCUT2D eigenvalue weighted by Gasteiger charge is 2.13. The standard InChI is InChI=1S/C22H20N2O3S/c1-14-8-17(9-15(2)21(14)27-13-16-6-4-3-5-7-16)19-12-24-11-18(10-20(25)26)28-22(24)23-19/h3-9,11-12H,10,13H2,1-2H3,(H,25,26). The highest BCUT2D eigenvalue weighted by atomic mass is 32.1. The maximum atomic E-state index is 10.9. The Morgan fingerprint density at radius 3 is 2.50 bits per heavy atom. The molecule has 0 bridgehead atoms. The van der Waals surface area contributed by atoms with Crippen LogP contribution in [-0.2, 0) is 17.8 Å². The van der Waals surface area contributed by atoms with E-state index in [4.69, 9.17) is 9.84 Å². The van der Waals surface area contributed by atoms with Gasteiger partial charge in [-0.3, -0.25) is 9.20 Å². The van der Waals surface area contributed by atoms with Gasteiger partial charge in [0.2, 0.25) is 0 Å². The summed E-state index contributed by atoms with van der Waals surface area (Å²) in [5.41, 5.74) is 5.16. The lowest BCUT2D eigenvalue weighted by atomic mass is 10.0. The molecular weight excluding hydrogens is 372 g/mol. The van der Waals surface area contributed by atoms with E-state index in [1.54, 1.807) is 0 Å². The van der Waals surface area contributed by atoms with Gasteiger partial charge in [-0.2, -0.15) is 0 Å². The zero-order chi connectivity index (χ0) is 19.7. The Morgan fingerprint density at radius 2 is 1.86 bits per heavy atom. The van der Waals surface area contributed by atoms with Gasteiger partial charge in [-0.15, -0.1) is 11.3 Å². The number of benzene rings is 2. The first-order chi connectivity index (χ1) is 13.5. The fourth-order valence-corrected chi connectivity index (χ4v) is 4.22. The lowest BCUT2D eigenvalue weighted by molar-refractivity contribution is -0.136. The number of aromatic nitrogens is 2. The lowest BCUT2D eigenvalue weighted by Crippen LogP contribution is -1.99. The summed E-state index contributed by atoms with van der Waals surface area (Å²) in [5, 5.41) is 8.93. The van der Waals surface area contributed by atoms with E-state index in [-0.39, 0.29) is 6.42 Å². The minimum Gasteiger partial charge on any atom is -0.488 e. The van der Waals surface area contributed by atoms with Crippen molar-refractivity contribution in [2.24, 2.45) is 0 Å². The van der Waals surface area contributed by atoms with E-state index >= 15 is 0 Å². The van der Waals surface area contributed by atoms with Gasteiger partial charge >= 0.3 is 5.97 Å². The quantitative estimate of drug-likeness (QED) is 0.508. The average molecular weight is 392 g/mol. The van der Waals surface area contributed by atoms with E-state index in [9.17, 15) is 4.79 Å². The molecule has 6 heteroatoms. The van der Waals surface area contributed by atoms with E-state index in [2.05, 4.69) is 29.2 Å². The summed E-state index contributed by atoms with van der Waals surface area (Å²) in [5.74, 6) is 0.0689. The number of thiazole rings is 1. The highest BCUT2D eigenvalue weighted by Crippen LogP contribution is 2.31. The van der Waals surface area contributed by atoms with Gasteiger partial charge in [0, 0.05) is 22.8 Å². The topological polar surface area (TPSA) is 63.8 Å². The molecule has 2 aromatic heterocycles. The molecule has 0 saturated carbocycles. The Hall–Kier alpha value is -3.12. The molecule has 0 spiro atoms. The monoisotopic (exact) mass is 392 g/mol. The van der Waals surface area contributed by atoms with Crippen molar-refractivity contribution in [2.75, 3.05) is 0 Å². The SMILES string of the molecule is Cc1cc(-c2cn3cc(CC(=O)O)sc3n2)cc(C)c1OCc1ccccc1. The number of carbonyl (C=O) groups is 1. The number of aryl methyl sites for hydroxylation is 2. The zero-order valence-electron chi connectivity index (χ0n) is 15.7. The van der Waals surface area contributed by atoms with Crippen molar-refractivity contribution in [3.05, 3.63) is 76.4 Å². The van der Waals surface area contributed by atoms with E-state index in [0.717, 1.165) is 43.5 Å². The van der Waals surface area contributed by atoms with Crippen LogP contribution >= 0.6 is 11.3 Å². The third-order valence-corrected chi connectivity index (χ3v) is 5.51. The molecule has 4 rings (SSSR count). The van der Waals surface area contributed by atoms with Crippen LogP contribution in [0.4, 0.5) is 0 Å². The van der Waals surface area contributed by atoms with Crippen LogP contribution < -0.4 is 4.74 Å². The Labute approximate surface area is 166 Å². The second-order valence-corrected chi connectivity index (χ2v) is 7.89. The summed E-state index contributed by atoms with van der Waals surface area (Å²) in [6.45, 7) is 4.62. The van der Waals surface area contributed by atoms with Gasteiger partial charge < -0.3 is 9.84 Å². The van der Waals surface area contributed by atoms with Crippen LogP contribution in [0, 0.1) is 13.8 Å². The number of ether oxygens (including phenoxy) is 1. The second-order valence-electron chi connectivity index (χ2n) is 6.80. The molecule has 28 heavy (non-hydrogen) atoms. The molecule has 0 aliphatic carbocycles. The van der Waals surface area contributed by atoms with Crippen LogP contribution in [0.2, 0.25) is 0 Å². The number of fused-ring (bicyclic) bond motifs is 1. The summed E-state index contributed by atoms with van der Waals surface area (Å²) in [6.07, 6.45) is 3.80. The second kappa shape index (κ2) is 7.48. The van der Waals surface area contributed by atoms with Crippen LogP contribution in [0.15, 0.2) is 54.9 Å². The van der Waals surface area contributed by atoms with Crippen molar-refractivity contribution in [2.45, 2.75) is 26.9 Å². The molecule has 2 heterocycles. The van der Waals surface area contributed by atoms with Gasteiger partial charge in [-0.1, -0.05) is 30.3 Å². The van der Waals surface area contributed by atoms with Gasteiger partial charge in [0.05, 0.1) is 12.1 Å². The zero-order valence-corrected chi connectivity index (χ0v) is 16.5. The maximum absolute atomic E-state index is 10.9. The molecule has 4 aromatic rings. The fourth-order valence-electron chi connectivity index (χ4n) is 3.27. The van der Waals surface area contributed by atoms with Crippen molar-refractivity contribution in [3.8, 4) is 17.0 Å². The molecular formula is C22H20N2O3S. The number of rotatable bonds is 6. The molecule has 5 nitrogen and oxygen atoms in total. The Morgan fingerprint density at radius 1 is 1.14 bits per heavy atom. The Bertz CT molecular complexity index is 1090. The van der Waals surface area contributed by atoms with E-state index in [1.165, 1.54) is 11.3 Å². The van der Waals surface area contributed by atoms with Crippen molar-refractivity contribution < 1.29 is 14.6 Å². The number of carboxylic acid groups (broad SMARTS) is 1. The first-order valence-corrected chi connectivity index (χ1v) is 9.79. The van der Waals surface area contributed by atoms with Crippen LogP contribution in [0.3, 0.4) is 0 Å². The molecule has 0 aliphatic heterocycles. The molecule has 0 unspecified atom stereocenters. The van der Waals surface area contributed by atoms with Crippen LogP contribution in [0.1, 0.15) is 21.6 Å². The van der Waals surface area contributed by atoms with E-state index in [0.29, 0.717) is 6.61 Å². The van der Waals surface area contributed by atoms with Crippen LogP contribution in [0.5, 0.6) is 5.75 Å². The van der Waals surface area contributed by atoms with Crippen molar-refractivity contribution in [3.63, 3.8) is 0 Å². The molecule has 0 atom stereocenters. The third-order valence-electron chi connectivity index (χ3n) is 4.51. The van der Waals surface area contributed by atoms with Gasteiger partial charge in [0.15, 0.2) is 4.96 Å². The Balaban J connectivity index is 1.57. The number of aliphatic carboxylic acids is 1. The number of carboxylic acids is 1. The maximum Gasteiger partial charge on any atom is 0.308 e. The highest BCUT2D eigenvalue weighted by molar-refractivity contribution is 7.17. The van der Waals surface area contributed by atoms with E-state index < -0.39 is 5.97 Å². The molecule has 0 fully saturated rings. The normalized spacial score (nSPS) is 11.1. The largest absolute Gasteiger partial charge is 0.488 e. The molecule has 0 saturated heterocycles. The number of imidazole rings is 1. The van der Waals surface area contributed by atoms with Gasteiger partial charge in [-0.05, 0) is 42.7 Å². The molecule has 0 amide bonds. The molecule has 0 aliphatic rings. The first-order valence-electron chi connectivity index (χ1n) is 8.97. The summed E-state index contributed by atoms with van der Waals surface area (Å²) < 4.78 is 7.95. The summed E-state index contributed by atoms with van der Waals surface area (Å²) in [6, 6.07) is 14.3. The number of hydrogen-bond acceptors (Lipinski definition) is 4. The molecule has 0 radical (unpaired) electrons. The molecule has 2 aromatic carbocycles.